The third-order valence-corrected chi connectivity index (χ3v) is 15.6. The first-order valence-electron chi connectivity index (χ1n) is 27.2. The van der Waals surface area contributed by atoms with E-state index >= 15 is 0 Å². The standard InChI is InChI=1S/2C18H15Cl2N5S2.C17H14ClN3OS.C10H9ClN4S/c1-24(17(26)21-14-6-2-12(19)3-7-14)16-10-11-25(23-16)18(27)22-15-8-4-13(20)5-9-15;1-24(17(26)21-14-6-2-4-12(19)10-14)16-8-9-25(23-16)18(27)22-15-7-3-5-13(20)11-15;18-14-6-8-15(9-7-14)19-17(23)21-11-10-16(20-21)22-12-13-4-2-1-3-5-13;11-7-1-3-8(4-2-7)13-10(16)15-6-5-9(12)14-15/h2*2-11H,1H3,(H,21,26)(H,22,27);1-11H,12H2,(H,19,23);1-6H,(H2,12,14)(H,13,16). The van der Waals surface area contributed by atoms with Crippen LogP contribution in [0.5, 0.6) is 5.88 Å². The number of hydrogen-bond acceptors (Lipinski definition) is 12. The first-order chi connectivity index (χ1) is 44.7. The molecule has 474 valence electrons. The molecule has 4 heterocycles. The van der Waals surface area contributed by atoms with Gasteiger partial charge in [-0.05, 0) is 212 Å². The molecular formula is C63H53Cl6N17OS6. The Hall–Kier alpha value is -8.34. The van der Waals surface area contributed by atoms with Gasteiger partial charge in [0.05, 0.1) is 0 Å². The maximum atomic E-state index is 6.00. The average Bonchev–Trinajstić information content (AvgIpc) is 3.83. The largest absolute Gasteiger partial charge is 0.472 e. The number of nitrogens with two attached hydrogens (primary N) is 1. The molecule has 18 nitrogen and oxygen atoms in total. The third kappa shape index (κ3) is 22.7. The highest BCUT2D eigenvalue weighted by atomic mass is 35.5. The molecule has 0 aliphatic rings. The molecule has 7 aromatic carbocycles. The first-order valence-corrected chi connectivity index (χ1v) is 31.9. The number of anilines is 9. The van der Waals surface area contributed by atoms with Crippen molar-refractivity contribution < 1.29 is 4.74 Å². The van der Waals surface area contributed by atoms with Crippen molar-refractivity contribution in [1.29, 1.82) is 0 Å². The van der Waals surface area contributed by atoms with Crippen molar-refractivity contribution in [3.05, 3.63) is 261 Å². The summed E-state index contributed by atoms with van der Waals surface area (Å²) in [7, 11) is 3.65. The normalized spacial score (nSPS) is 10.3. The van der Waals surface area contributed by atoms with Gasteiger partial charge in [0.2, 0.25) is 5.88 Å². The van der Waals surface area contributed by atoms with Gasteiger partial charge in [-0.25, -0.2) is 18.7 Å². The Kier molecular flexibility index (Phi) is 26.6. The van der Waals surface area contributed by atoms with Crippen LogP contribution in [0.2, 0.25) is 30.1 Å². The van der Waals surface area contributed by atoms with Crippen molar-refractivity contribution >= 4 is 225 Å². The second-order valence-corrected chi connectivity index (χ2v) is 24.0. The Morgan fingerprint density at radius 1 is 0.376 bits per heavy atom. The molecule has 0 fully saturated rings. The van der Waals surface area contributed by atoms with E-state index in [1.807, 2.05) is 129 Å². The van der Waals surface area contributed by atoms with Crippen LogP contribution in [0, 0.1) is 0 Å². The smallest absolute Gasteiger partial charge is 0.233 e. The van der Waals surface area contributed by atoms with Gasteiger partial charge in [0.25, 0.3) is 0 Å². The number of rotatable bonds is 11. The van der Waals surface area contributed by atoms with Crippen molar-refractivity contribution in [3.8, 4) is 5.88 Å². The number of nitrogens with zero attached hydrogens (tertiary/aromatic N) is 10. The number of aromatic nitrogens is 8. The van der Waals surface area contributed by atoms with Gasteiger partial charge >= 0.3 is 0 Å². The topological polar surface area (TPSA) is 185 Å². The fourth-order valence-corrected chi connectivity index (χ4v) is 9.69. The molecule has 0 atom stereocenters. The Balaban J connectivity index is 0.000000162. The molecule has 0 aliphatic carbocycles. The van der Waals surface area contributed by atoms with Crippen LogP contribution >= 0.6 is 143 Å². The summed E-state index contributed by atoms with van der Waals surface area (Å²) < 4.78 is 11.8. The van der Waals surface area contributed by atoms with Gasteiger partial charge < -0.3 is 52.2 Å². The molecule has 0 saturated carbocycles. The zero-order chi connectivity index (χ0) is 66.4. The van der Waals surface area contributed by atoms with Gasteiger partial charge in [-0.2, -0.15) is 0 Å². The van der Waals surface area contributed by atoms with Crippen LogP contribution in [0.15, 0.2) is 225 Å². The van der Waals surface area contributed by atoms with Crippen LogP contribution in [0.1, 0.15) is 5.56 Å². The van der Waals surface area contributed by atoms with Gasteiger partial charge in [0, 0.05) is 127 Å². The average molecular weight is 1470 g/mol. The lowest BCUT2D eigenvalue weighted by atomic mass is 10.2. The molecule has 11 aromatic rings. The Morgan fingerprint density at radius 3 is 1.12 bits per heavy atom. The predicted molar refractivity (Wildman–Crippen MR) is 409 cm³/mol. The number of benzene rings is 7. The van der Waals surface area contributed by atoms with E-state index in [1.165, 1.54) is 4.68 Å². The van der Waals surface area contributed by atoms with Crippen molar-refractivity contribution in [1.82, 2.24) is 39.1 Å². The second kappa shape index (κ2) is 35.1. The van der Waals surface area contributed by atoms with Gasteiger partial charge in [0.1, 0.15) is 12.4 Å². The first kappa shape index (κ1) is 70.5. The number of thiocarbonyl (C=S) groups is 6. The maximum absolute atomic E-state index is 6.00. The lowest BCUT2D eigenvalue weighted by Gasteiger charge is -2.18. The molecule has 30 heteroatoms. The quantitative estimate of drug-likeness (QED) is 0.0606. The van der Waals surface area contributed by atoms with Gasteiger partial charge in [0.15, 0.2) is 42.3 Å². The summed E-state index contributed by atoms with van der Waals surface area (Å²) in [6.45, 7) is 0.467. The van der Waals surface area contributed by atoms with Crippen LogP contribution in [0.4, 0.5) is 51.6 Å². The summed E-state index contributed by atoms with van der Waals surface area (Å²) in [5.74, 6) is 2.25. The summed E-state index contributed by atoms with van der Waals surface area (Å²) in [4.78, 5) is 3.50. The van der Waals surface area contributed by atoms with E-state index in [9.17, 15) is 0 Å². The summed E-state index contributed by atoms with van der Waals surface area (Å²) in [5.41, 5.74) is 11.5. The number of nitrogen functional groups attached to an aromatic ring is 1. The SMILES string of the molecule is CN(C(=S)Nc1ccc(Cl)cc1)c1ccn(C(=S)Nc2ccc(Cl)cc2)n1.CN(C(=S)Nc1cccc(Cl)c1)c1ccn(C(=S)Nc2cccc(Cl)c2)n1.Nc1ccn(C(=S)Nc2ccc(Cl)cc2)n1.S=C(Nc1ccc(Cl)cc1)n1ccc(OCc2ccccc2)n1. The predicted octanol–water partition coefficient (Wildman–Crippen LogP) is 17.3. The number of hydrogen-bond donors (Lipinski definition) is 7. The summed E-state index contributed by atoms with van der Waals surface area (Å²) in [5, 5.41) is 42.5. The third-order valence-electron chi connectivity index (χ3n) is 12.2. The minimum atomic E-state index is 0.422. The number of ether oxygens (including phenoxy) is 1. The molecule has 0 aliphatic heterocycles. The monoisotopic (exact) mass is 1470 g/mol. The van der Waals surface area contributed by atoms with E-state index in [4.69, 9.17) is 153 Å². The molecular weight excluding hydrogens is 1420 g/mol. The molecule has 93 heavy (non-hydrogen) atoms. The van der Waals surface area contributed by atoms with E-state index in [0.29, 0.717) is 90.8 Å². The summed E-state index contributed by atoms with van der Waals surface area (Å²) >= 11 is 67.5. The summed E-state index contributed by atoms with van der Waals surface area (Å²) in [6, 6.07) is 60.7. The Labute approximate surface area is 598 Å². The van der Waals surface area contributed by atoms with Crippen molar-refractivity contribution in [2.45, 2.75) is 6.61 Å². The fraction of sp³-hybridized carbons (Fsp3) is 0.0476. The highest BCUT2D eigenvalue weighted by molar-refractivity contribution is 7.81. The highest BCUT2D eigenvalue weighted by Gasteiger charge is 2.15. The number of nitrogens with one attached hydrogen (secondary N) is 6. The van der Waals surface area contributed by atoms with Gasteiger partial charge in [-0.3, -0.25) is 0 Å². The van der Waals surface area contributed by atoms with E-state index in [2.05, 4.69) is 52.3 Å². The maximum Gasteiger partial charge on any atom is 0.233 e. The van der Waals surface area contributed by atoms with Crippen LogP contribution < -0.4 is 52.2 Å². The van der Waals surface area contributed by atoms with Crippen molar-refractivity contribution in [3.63, 3.8) is 0 Å². The van der Waals surface area contributed by atoms with E-state index in [0.717, 1.165) is 39.7 Å². The molecule has 4 aromatic heterocycles. The van der Waals surface area contributed by atoms with Crippen molar-refractivity contribution in [2.75, 3.05) is 61.5 Å². The minimum absolute atomic E-state index is 0.422. The van der Waals surface area contributed by atoms with Gasteiger partial charge in [-0.1, -0.05) is 112 Å². The molecule has 8 N–H and O–H groups in total. The molecule has 0 unspecified atom stereocenters. The molecule has 0 saturated heterocycles. The molecule has 0 spiro atoms. The molecule has 0 amide bonds. The lowest BCUT2D eigenvalue weighted by molar-refractivity contribution is 0.292. The highest BCUT2D eigenvalue weighted by Crippen LogP contribution is 2.22. The molecule has 11 rings (SSSR count). The number of halogens is 6. The van der Waals surface area contributed by atoms with E-state index in [1.54, 1.807) is 134 Å². The van der Waals surface area contributed by atoms with Crippen LogP contribution in [-0.4, -0.2) is 83.9 Å². The van der Waals surface area contributed by atoms with E-state index < -0.39 is 0 Å². The van der Waals surface area contributed by atoms with Crippen LogP contribution in [0.3, 0.4) is 0 Å². The van der Waals surface area contributed by atoms with Gasteiger partial charge in [-0.15, -0.1) is 20.4 Å². The summed E-state index contributed by atoms with van der Waals surface area (Å²) in [6.07, 6.45) is 6.97. The Morgan fingerprint density at radius 2 is 0.720 bits per heavy atom. The van der Waals surface area contributed by atoms with Crippen LogP contribution in [0.25, 0.3) is 0 Å². The van der Waals surface area contributed by atoms with E-state index in [-0.39, 0.29) is 0 Å². The Bertz CT molecular complexity index is 4330. The molecule has 0 radical (unpaired) electrons. The van der Waals surface area contributed by atoms with Crippen molar-refractivity contribution in [2.24, 2.45) is 0 Å². The minimum Gasteiger partial charge on any atom is -0.472 e. The lowest BCUT2D eigenvalue weighted by Crippen LogP contribution is -2.31. The molecule has 0 bridgehead atoms. The van der Waals surface area contributed by atoms with Crippen LogP contribution in [-0.2, 0) is 6.61 Å². The zero-order valence-electron chi connectivity index (χ0n) is 48.7. The fourth-order valence-electron chi connectivity index (χ4n) is 7.50. The second-order valence-electron chi connectivity index (χ2n) is 19.0. The zero-order valence-corrected chi connectivity index (χ0v) is 58.2.